The first-order valence-electron chi connectivity index (χ1n) is 4.12. The SMILES string of the molecule is O=C(NC1COC1)c1cnc(Cl)cn1. The maximum Gasteiger partial charge on any atom is 0.271 e. The zero-order valence-corrected chi connectivity index (χ0v) is 7.99. The van der Waals surface area contributed by atoms with Crippen LogP contribution in [-0.2, 0) is 4.74 Å². The van der Waals surface area contributed by atoms with E-state index in [1.165, 1.54) is 12.4 Å². The van der Waals surface area contributed by atoms with Crippen molar-refractivity contribution in [1.29, 1.82) is 0 Å². The molecule has 0 unspecified atom stereocenters. The molecule has 0 radical (unpaired) electrons. The molecule has 1 aromatic rings. The molecule has 6 heteroatoms. The van der Waals surface area contributed by atoms with Gasteiger partial charge < -0.3 is 10.1 Å². The van der Waals surface area contributed by atoms with Gasteiger partial charge in [-0.25, -0.2) is 9.97 Å². The molecule has 2 rings (SSSR count). The second kappa shape index (κ2) is 3.89. The zero-order chi connectivity index (χ0) is 9.97. The van der Waals surface area contributed by atoms with Gasteiger partial charge in [-0.2, -0.15) is 0 Å². The molecule has 1 fully saturated rings. The van der Waals surface area contributed by atoms with Crippen LogP contribution < -0.4 is 5.32 Å². The fourth-order valence-electron chi connectivity index (χ4n) is 1.01. The molecule has 1 aromatic heterocycles. The van der Waals surface area contributed by atoms with E-state index < -0.39 is 0 Å². The van der Waals surface area contributed by atoms with E-state index >= 15 is 0 Å². The summed E-state index contributed by atoms with van der Waals surface area (Å²) in [6, 6.07) is 0.0972. The van der Waals surface area contributed by atoms with Crippen LogP contribution in [0.1, 0.15) is 10.5 Å². The van der Waals surface area contributed by atoms with Crippen LogP contribution in [-0.4, -0.2) is 35.1 Å². The van der Waals surface area contributed by atoms with Crippen molar-refractivity contribution in [2.24, 2.45) is 0 Å². The van der Waals surface area contributed by atoms with E-state index in [2.05, 4.69) is 15.3 Å². The van der Waals surface area contributed by atoms with Gasteiger partial charge in [-0.1, -0.05) is 11.6 Å². The van der Waals surface area contributed by atoms with Crippen molar-refractivity contribution in [3.05, 3.63) is 23.2 Å². The number of carbonyl (C=O) groups is 1. The molecule has 0 atom stereocenters. The second-order valence-corrected chi connectivity index (χ2v) is 3.32. The Morgan fingerprint density at radius 1 is 1.50 bits per heavy atom. The van der Waals surface area contributed by atoms with Crippen molar-refractivity contribution in [3.63, 3.8) is 0 Å². The largest absolute Gasteiger partial charge is 0.377 e. The number of halogens is 1. The molecule has 0 aromatic carbocycles. The van der Waals surface area contributed by atoms with Gasteiger partial charge in [0.1, 0.15) is 10.8 Å². The molecule has 1 aliphatic rings. The first-order valence-corrected chi connectivity index (χ1v) is 4.49. The van der Waals surface area contributed by atoms with Gasteiger partial charge in [0.25, 0.3) is 5.91 Å². The fraction of sp³-hybridized carbons (Fsp3) is 0.375. The summed E-state index contributed by atoms with van der Waals surface area (Å²) in [5, 5.41) is 3.01. The van der Waals surface area contributed by atoms with Gasteiger partial charge in [0.05, 0.1) is 31.6 Å². The molecule has 1 amide bonds. The number of hydrogen-bond donors (Lipinski definition) is 1. The number of nitrogens with zero attached hydrogens (tertiary/aromatic N) is 2. The minimum absolute atomic E-state index is 0.0972. The van der Waals surface area contributed by atoms with Crippen molar-refractivity contribution in [3.8, 4) is 0 Å². The lowest BCUT2D eigenvalue weighted by atomic mass is 10.2. The van der Waals surface area contributed by atoms with E-state index in [4.69, 9.17) is 16.3 Å². The van der Waals surface area contributed by atoms with Gasteiger partial charge in [-0.05, 0) is 0 Å². The molecule has 0 bridgehead atoms. The molecule has 1 saturated heterocycles. The van der Waals surface area contributed by atoms with E-state index in [1.54, 1.807) is 0 Å². The fourth-order valence-corrected chi connectivity index (χ4v) is 1.11. The monoisotopic (exact) mass is 213 g/mol. The summed E-state index contributed by atoms with van der Waals surface area (Å²) in [5.74, 6) is -0.248. The highest BCUT2D eigenvalue weighted by Crippen LogP contribution is 2.03. The molecule has 74 valence electrons. The predicted octanol–water partition coefficient (Wildman–Crippen LogP) is 0.259. The van der Waals surface area contributed by atoms with Gasteiger partial charge in [0.15, 0.2) is 0 Å². The maximum absolute atomic E-state index is 11.4. The minimum Gasteiger partial charge on any atom is -0.377 e. The van der Waals surface area contributed by atoms with Crippen LogP contribution >= 0.6 is 11.6 Å². The third-order valence-electron chi connectivity index (χ3n) is 1.83. The summed E-state index contributed by atoms with van der Waals surface area (Å²) in [6.07, 6.45) is 2.69. The second-order valence-electron chi connectivity index (χ2n) is 2.93. The summed E-state index contributed by atoms with van der Waals surface area (Å²) in [7, 11) is 0. The Labute approximate surface area is 85.5 Å². The Morgan fingerprint density at radius 3 is 2.79 bits per heavy atom. The maximum atomic E-state index is 11.4. The van der Waals surface area contributed by atoms with E-state index in [1.807, 2.05) is 0 Å². The lowest BCUT2D eigenvalue weighted by molar-refractivity contribution is -0.00355. The molecular formula is C8H8ClN3O2. The van der Waals surface area contributed by atoms with E-state index in [0.29, 0.717) is 13.2 Å². The van der Waals surface area contributed by atoms with Crippen LogP contribution in [0, 0.1) is 0 Å². The standard InChI is InChI=1S/C8H8ClN3O2/c9-7-2-10-6(1-11-7)8(13)12-5-3-14-4-5/h1-2,5H,3-4H2,(H,12,13). The molecule has 0 spiro atoms. The topological polar surface area (TPSA) is 64.1 Å². The number of carbonyl (C=O) groups excluding carboxylic acids is 1. The third-order valence-corrected chi connectivity index (χ3v) is 2.02. The van der Waals surface area contributed by atoms with Crippen molar-refractivity contribution < 1.29 is 9.53 Å². The van der Waals surface area contributed by atoms with Crippen LogP contribution in [0.3, 0.4) is 0 Å². The molecule has 0 saturated carbocycles. The zero-order valence-electron chi connectivity index (χ0n) is 7.24. The van der Waals surface area contributed by atoms with E-state index in [-0.39, 0.29) is 22.8 Å². The molecular weight excluding hydrogens is 206 g/mol. The van der Waals surface area contributed by atoms with Crippen LogP contribution in [0.25, 0.3) is 0 Å². The molecule has 14 heavy (non-hydrogen) atoms. The predicted molar refractivity (Wildman–Crippen MR) is 49.1 cm³/mol. The molecule has 1 N–H and O–H groups in total. The van der Waals surface area contributed by atoms with Gasteiger partial charge in [-0.15, -0.1) is 0 Å². The van der Waals surface area contributed by atoms with E-state index in [9.17, 15) is 4.79 Å². The minimum atomic E-state index is -0.248. The summed E-state index contributed by atoms with van der Waals surface area (Å²) in [5.41, 5.74) is 0.265. The highest BCUT2D eigenvalue weighted by Gasteiger charge is 2.21. The van der Waals surface area contributed by atoms with Crippen molar-refractivity contribution in [2.45, 2.75) is 6.04 Å². The quantitative estimate of drug-likeness (QED) is 0.766. The number of nitrogens with one attached hydrogen (secondary N) is 1. The first-order chi connectivity index (χ1) is 6.75. The Morgan fingerprint density at radius 2 is 2.29 bits per heavy atom. The first kappa shape index (κ1) is 9.36. The van der Waals surface area contributed by atoms with Gasteiger partial charge in [-0.3, -0.25) is 4.79 Å². The van der Waals surface area contributed by atoms with Crippen molar-refractivity contribution in [1.82, 2.24) is 15.3 Å². The highest BCUT2D eigenvalue weighted by atomic mass is 35.5. The summed E-state index contributed by atoms with van der Waals surface area (Å²) >= 11 is 5.54. The number of rotatable bonds is 2. The van der Waals surface area contributed by atoms with E-state index in [0.717, 1.165) is 0 Å². The molecule has 5 nitrogen and oxygen atoms in total. The van der Waals surface area contributed by atoms with Crippen LogP contribution in [0.4, 0.5) is 0 Å². The van der Waals surface area contributed by atoms with Crippen LogP contribution in [0.5, 0.6) is 0 Å². The Kier molecular flexibility index (Phi) is 2.60. The lowest BCUT2D eigenvalue weighted by Crippen LogP contribution is -2.48. The Balaban J connectivity index is 1.99. The number of hydrogen-bond acceptors (Lipinski definition) is 4. The molecule has 1 aliphatic heterocycles. The summed E-state index contributed by atoms with van der Waals surface area (Å²) in [4.78, 5) is 19.1. The summed E-state index contributed by atoms with van der Waals surface area (Å²) in [6.45, 7) is 1.12. The van der Waals surface area contributed by atoms with Crippen molar-refractivity contribution >= 4 is 17.5 Å². The highest BCUT2D eigenvalue weighted by molar-refractivity contribution is 6.29. The van der Waals surface area contributed by atoms with Gasteiger partial charge >= 0.3 is 0 Å². The molecule has 0 aliphatic carbocycles. The summed E-state index contributed by atoms with van der Waals surface area (Å²) < 4.78 is 4.92. The third kappa shape index (κ3) is 2.00. The number of ether oxygens (including phenoxy) is 1. The Hall–Kier alpha value is -1.20. The number of aromatic nitrogens is 2. The lowest BCUT2D eigenvalue weighted by Gasteiger charge is -2.26. The number of amides is 1. The van der Waals surface area contributed by atoms with Crippen LogP contribution in [0.15, 0.2) is 12.4 Å². The normalized spacial score (nSPS) is 16.1. The smallest absolute Gasteiger partial charge is 0.271 e. The van der Waals surface area contributed by atoms with Gasteiger partial charge in [0.2, 0.25) is 0 Å². The van der Waals surface area contributed by atoms with Crippen molar-refractivity contribution in [2.75, 3.05) is 13.2 Å². The van der Waals surface area contributed by atoms with Crippen LogP contribution in [0.2, 0.25) is 5.15 Å². The average Bonchev–Trinajstić information content (AvgIpc) is 2.12. The van der Waals surface area contributed by atoms with Gasteiger partial charge in [0, 0.05) is 0 Å². The average molecular weight is 214 g/mol. The molecule has 2 heterocycles. The Bertz CT molecular complexity index is 337.